The second-order valence-corrected chi connectivity index (χ2v) is 14.5. The largest absolute Gasteiger partial charge is 0.456 e. The SMILES string of the molecule is CC1CC(c2ccc3c(c2)C(C)(C)c2cc(C#N)ccc2S3)=CC=C1c1nc(-c2ccc3c(c2)oc2ccccc23)c2ccccc2n1. The second-order valence-electron chi connectivity index (χ2n) is 13.4. The third kappa shape index (κ3) is 4.52. The van der Waals surface area contributed by atoms with Crippen molar-refractivity contribution in [1.82, 2.24) is 9.97 Å². The van der Waals surface area contributed by atoms with Crippen molar-refractivity contribution in [3.05, 3.63) is 143 Å². The van der Waals surface area contributed by atoms with Crippen LogP contribution in [-0.4, -0.2) is 9.97 Å². The van der Waals surface area contributed by atoms with E-state index in [1.165, 1.54) is 32.1 Å². The van der Waals surface area contributed by atoms with E-state index in [1.54, 1.807) is 11.8 Å². The topological polar surface area (TPSA) is 62.7 Å². The summed E-state index contributed by atoms with van der Waals surface area (Å²) in [6, 6.07) is 38.1. The molecule has 0 amide bonds. The Morgan fingerprint density at radius 1 is 0.750 bits per heavy atom. The number of benzene rings is 5. The van der Waals surface area contributed by atoms with E-state index in [9.17, 15) is 5.26 Å². The molecule has 0 saturated heterocycles. The van der Waals surface area contributed by atoms with Crippen molar-refractivity contribution in [3.8, 4) is 17.3 Å². The minimum Gasteiger partial charge on any atom is -0.456 e. The van der Waals surface area contributed by atoms with Gasteiger partial charge in [-0.05, 0) is 94.8 Å². The summed E-state index contributed by atoms with van der Waals surface area (Å²) in [6.07, 6.45) is 5.36. The fraction of sp³-hybridized carbons (Fsp3) is 0.140. The monoisotopic (exact) mass is 637 g/mol. The number of furan rings is 1. The van der Waals surface area contributed by atoms with Crippen molar-refractivity contribution in [2.75, 3.05) is 0 Å². The molecule has 4 nitrogen and oxygen atoms in total. The number of hydrogen-bond acceptors (Lipinski definition) is 5. The molecule has 0 saturated carbocycles. The molecular weight excluding hydrogens is 607 g/mol. The molecule has 1 unspecified atom stereocenters. The maximum absolute atomic E-state index is 9.55. The summed E-state index contributed by atoms with van der Waals surface area (Å²) in [4.78, 5) is 12.8. The number of fused-ring (bicyclic) bond motifs is 6. The molecule has 2 aliphatic rings. The zero-order chi connectivity index (χ0) is 32.6. The Labute approximate surface area is 283 Å². The molecule has 1 aliphatic heterocycles. The summed E-state index contributed by atoms with van der Waals surface area (Å²) in [6.45, 7) is 6.81. The van der Waals surface area contributed by atoms with E-state index in [-0.39, 0.29) is 11.3 Å². The minimum atomic E-state index is -0.207. The molecule has 0 radical (unpaired) electrons. The standard InChI is InChI=1S/C43H31N3OS/c1-25-20-27(28-15-19-40-35(22-28)43(2,3)34-21-26(24-44)12-18-39(34)48-40)13-16-30(25)42-45-36-10-6-4-9-33(36)41(46-42)29-14-17-32-31-8-5-7-11-37(31)47-38(32)23-29/h4-19,21-23,25H,20H2,1-3H3. The summed E-state index contributed by atoms with van der Waals surface area (Å²) in [5.74, 6) is 0.998. The Kier molecular flexibility index (Phi) is 6.47. The van der Waals surface area contributed by atoms with Crippen LogP contribution in [0.4, 0.5) is 0 Å². The van der Waals surface area contributed by atoms with Crippen LogP contribution in [0, 0.1) is 17.2 Å². The molecule has 0 bridgehead atoms. The normalized spacial score (nSPS) is 16.7. The number of nitrogens with zero attached hydrogens (tertiary/aromatic N) is 3. The van der Waals surface area contributed by atoms with Gasteiger partial charge in [0.15, 0.2) is 5.82 Å². The van der Waals surface area contributed by atoms with Crippen LogP contribution < -0.4 is 0 Å². The van der Waals surface area contributed by atoms with Crippen LogP contribution in [0.5, 0.6) is 0 Å². The van der Waals surface area contributed by atoms with Gasteiger partial charge in [0.1, 0.15) is 11.2 Å². The van der Waals surface area contributed by atoms with Gasteiger partial charge in [-0.25, -0.2) is 9.97 Å². The zero-order valence-electron chi connectivity index (χ0n) is 26.9. The van der Waals surface area contributed by atoms with E-state index in [2.05, 4.69) is 106 Å². The van der Waals surface area contributed by atoms with Crippen LogP contribution in [0.25, 0.3) is 55.2 Å². The highest BCUT2D eigenvalue weighted by Crippen LogP contribution is 2.50. The van der Waals surface area contributed by atoms with Gasteiger partial charge in [0.2, 0.25) is 0 Å². The van der Waals surface area contributed by atoms with Crippen LogP contribution in [0.3, 0.4) is 0 Å². The summed E-state index contributed by atoms with van der Waals surface area (Å²) >= 11 is 1.80. The quantitative estimate of drug-likeness (QED) is 0.193. The predicted molar refractivity (Wildman–Crippen MR) is 196 cm³/mol. The van der Waals surface area contributed by atoms with Gasteiger partial charge in [-0.2, -0.15) is 5.26 Å². The first-order valence-electron chi connectivity index (χ1n) is 16.3. The molecule has 5 aromatic carbocycles. The average molecular weight is 638 g/mol. The van der Waals surface area contributed by atoms with Crippen molar-refractivity contribution in [1.29, 1.82) is 5.26 Å². The fourth-order valence-electron chi connectivity index (χ4n) is 7.42. The summed E-state index contributed by atoms with van der Waals surface area (Å²) in [5, 5.41) is 12.8. The molecule has 9 rings (SSSR count). The molecule has 48 heavy (non-hydrogen) atoms. The van der Waals surface area contributed by atoms with E-state index in [1.807, 2.05) is 36.4 Å². The Morgan fingerprint density at radius 2 is 1.48 bits per heavy atom. The smallest absolute Gasteiger partial charge is 0.156 e. The third-order valence-electron chi connectivity index (χ3n) is 10.1. The first-order chi connectivity index (χ1) is 23.4. The van der Waals surface area contributed by atoms with E-state index in [4.69, 9.17) is 14.4 Å². The van der Waals surface area contributed by atoms with Gasteiger partial charge >= 0.3 is 0 Å². The molecule has 3 heterocycles. The molecule has 5 heteroatoms. The summed E-state index contributed by atoms with van der Waals surface area (Å²) in [5.41, 5.74) is 11.3. The second kappa shape index (κ2) is 10.8. The van der Waals surface area contributed by atoms with Crippen molar-refractivity contribution >= 4 is 55.7 Å². The first-order valence-corrected chi connectivity index (χ1v) is 17.2. The lowest BCUT2D eigenvalue weighted by atomic mass is 9.76. The predicted octanol–water partition coefficient (Wildman–Crippen LogP) is 11.4. The highest BCUT2D eigenvalue weighted by molar-refractivity contribution is 7.99. The molecule has 1 aliphatic carbocycles. The van der Waals surface area contributed by atoms with Crippen LogP contribution in [-0.2, 0) is 5.41 Å². The van der Waals surface area contributed by atoms with Gasteiger partial charge in [-0.1, -0.05) is 93.2 Å². The fourth-order valence-corrected chi connectivity index (χ4v) is 8.78. The molecule has 2 aromatic heterocycles. The summed E-state index contributed by atoms with van der Waals surface area (Å²) in [7, 11) is 0. The van der Waals surface area contributed by atoms with Crippen molar-refractivity contribution in [2.24, 2.45) is 5.92 Å². The lowest BCUT2D eigenvalue weighted by Crippen LogP contribution is -2.24. The van der Waals surface area contributed by atoms with E-state index in [0.717, 1.165) is 61.9 Å². The van der Waals surface area contributed by atoms with Crippen LogP contribution in [0.2, 0.25) is 0 Å². The van der Waals surface area contributed by atoms with E-state index < -0.39 is 0 Å². The van der Waals surface area contributed by atoms with Crippen LogP contribution >= 0.6 is 11.8 Å². The van der Waals surface area contributed by atoms with Gasteiger partial charge in [0.05, 0.1) is 22.8 Å². The minimum absolute atomic E-state index is 0.207. The van der Waals surface area contributed by atoms with E-state index >= 15 is 0 Å². The van der Waals surface area contributed by atoms with Crippen molar-refractivity contribution in [3.63, 3.8) is 0 Å². The molecular formula is C43H31N3OS. The van der Waals surface area contributed by atoms with Crippen LogP contribution in [0.15, 0.2) is 129 Å². The Morgan fingerprint density at radius 3 is 2.31 bits per heavy atom. The number of rotatable bonds is 3. The zero-order valence-corrected chi connectivity index (χ0v) is 27.7. The van der Waals surface area contributed by atoms with Gasteiger partial charge in [-0.3, -0.25) is 0 Å². The Hall–Kier alpha value is -5.44. The van der Waals surface area contributed by atoms with Gasteiger partial charge < -0.3 is 4.42 Å². The number of allylic oxidation sites excluding steroid dienone is 4. The maximum atomic E-state index is 9.55. The maximum Gasteiger partial charge on any atom is 0.156 e. The lowest BCUT2D eigenvalue weighted by Gasteiger charge is -2.35. The first kappa shape index (κ1) is 28.8. The molecule has 0 N–H and O–H groups in total. The lowest BCUT2D eigenvalue weighted by molar-refractivity contribution is 0.606. The molecule has 1 atom stereocenters. The average Bonchev–Trinajstić information content (AvgIpc) is 3.49. The summed E-state index contributed by atoms with van der Waals surface area (Å²) < 4.78 is 6.24. The van der Waals surface area contributed by atoms with Crippen molar-refractivity contribution < 1.29 is 4.42 Å². The Balaban J connectivity index is 1.11. The molecule has 230 valence electrons. The molecule has 0 spiro atoms. The number of aromatic nitrogens is 2. The van der Waals surface area contributed by atoms with E-state index in [0.29, 0.717) is 5.56 Å². The van der Waals surface area contributed by atoms with Gasteiger partial charge in [-0.15, -0.1) is 0 Å². The van der Waals surface area contributed by atoms with Gasteiger partial charge in [0.25, 0.3) is 0 Å². The highest BCUT2D eigenvalue weighted by atomic mass is 32.2. The Bertz CT molecular complexity index is 2580. The number of hydrogen-bond donors (Lipinski definition) is 0. The number of nitriles is 1. The molecule has 7 aromatic rings. The highest BCUT2D eigenvalue weighted by Gasteiger charge is 2.34. The molecule has 0 fully saturated rings. The number of para-hydroxylation sites is 2. The van der Waals surface area contributed by atoms with Crippen LogP contribution in [0.1, 0.15) is 55.3 Å². The third-order valence-corrected chi connectivity index (χ3v) is 11.2. The van der Waals surface area contributed by atoms with Gasteiger partial charge in [0, 0.05) is 36.9 Å². The van der Waals surface area contributed by atoms with Crippen molar-refractivity contribution in [2.45, 2.75) is 42.4 Å².